The third kappa shape index (κ3) is 5.81. The molecule has 6 nitrogen and oxygen atoms in total. The van der Waals surface area contributed by atoms with Crippen molar-refractivity contribution in [3.8, 4) is 39.0 Å². The minimum Gasteiger partial charge on any atom is -0.480 e. The van der Waals surface area contributed by atoms with Gasteiger partial charge in [0.1, 0.15) is 6.04 Å². The Balaban J connectivity index is 1.54. The third-order valence-electron chi connectivity index (χ3n) is 5.66. The number of carboxylic acid groups (broad SMARTS) is 1. The zero-order valence-corrected chi connectivity index (χ0v) is 23.7. The zero-order valence-electron chi connectivity index (χ0n) is 19.6. The van der Waals surface area contributed by atoms with Gasteiger partial charge in [0.15, 0.2) is 11.4 Å². The van der Waals surface area contributed by atoms with Gasteiger partial charge >= 0.3 is 5.97 Å². The van der Waals surface area contributed by atoms with E-state index >= 15 is 0 Å². The Morgan fingerprint density at radius 1 is 0.868 bits per heavy atom. The molecule has 0 bridgehead atoms. The summed E-state index contributed by atoms with van der Waals surface area (Å²) in [4.78, 5) is 30.1. The van der Waals surface area contributed by atoms with Crippen molar-refractivity contribution in [1.82, 2.24) is 0 Å². The largest absolute Gasteiger partial charge is 0.480 e. The highest BCUT2D eigenvalue weighted by Crippen LogP contribution is 2.47. The molecule has 0 aromatic carbocycles. The van der Waals surface area contributed by atoms with E-state index in [2.05, 4.69) is 12.1 Å². The molecule has 196 valence electrons. The van der Waals surface area contributed by atoms with E-state index in [-0.39, 0.29) is 11.6 Å². The third-order valence-corrected chi connectivity index (χ3v) is 11.6. The predicted molar refractivity (Wildman–Crippen MR) is 156 cm³/mol. The second kappa shape index (κ2) is 11.6. The molecule has 0 aliphatic rings. The number of halogens is 1. The SMILES string of the molecule is N[C@H](Cc1cc(-c2cccs2)sc1-c1ccc(-c2sc(-c3ccc(F)s3)cc2C[C@H](N)C(=O)O)s1)OC=O. The number of carbonyl (C=O) groups is 2. The van der Waals surface area contributed by atoms with Gasteiger partial charge in [-0.3, -0.25) is 15.3 Å². The van der Waals surface area contributed by atoms with Gasteiger partial charge in [0.05, 0.1) is 0 Å². The quantitative estimate of drug-likeness (QED) is 0.113. The number of hydrogen-bond donors (Lipinski definition) is 3. The minimum atomic E-state index is -1.07. The Kier molecular flexibility index (Phi) is 8.19. The summed E-state index contributed by atoms with van der Waals surface area (Å²) < 4.78 is 18.7. The lowest BCUT2D eigenvalue weighted by Gasteiger charge is -2.09. The number of aliphatic carboxylic acids is 1. The highest BCUT2D eigenvalue weighted by atomic mass is 32.1. The number of thiophene rings is 5. The molecule has 12 heteroatoms. The van der Waals surface area contributed by atoms with E-state index in [4.69, 9.17) is 16.2 Å². The van der Waals surface area contributed by atoms with Gasteiger partial charge in [0.25, 0.3) is 6.47 Å². The number of carboxylic acids is 1. The first kappa shape index (κ1) is 26.9. The van der Waals surface area contributed by atoms with Crippen LogP contribution in [0.5, 0.6) is 0 Å². The fourth-order valence-electron chi connectivity index (χ4n) is 3.93. The zero-order chi connectivity index (χ0) is 26.8. The molecule has 0 fully saturated rings. The molecule has 5 aromatic heterocycles. The summed E-state index contributed by atoms with van der Waals surface area (Å²) in [5, 5.41) is 11.1. The van der Waals surface area contributed by atoms with Gasteiger partial charge in [-0.1, -0.05) is 6.07 Å². The van der Waals surface area contributed by atoms with Crippen molar-refractivity contribution in [1.29, 1.82) is 0 Å². The summed E-state index contributed by atoms with van der Waals surface area (Å²) in [5.74, 6) is -1.07. The van der Waals surface area contributed by atoms with Gasteiger partial charge in [-0.25, -0.2) is 0 Å². The number of carbonyl (C=O) groups excluding carboxylic acids is 1. The maximum atomic E-state index is 13.7. The first-order valence-corrected chi connectivity index (χ1v) is 15.5. The lowest BCUT2D eigenvalue weighted by Crippen LogP contribution is -2.32. The number of rotatable bonds is 11. The van der Waals surface area contributed by atoms with Crippen LogP contribution in [-0.4, -0.2) is 29.8 Å². The monoisotopic (exact) mass is 604 g/mol. The van der Waals surface area contributed by atoms with Crippen LogP contribution in [0.25, 0.3) is 39.0 Å². The van der Waals surface area contributed by atoms with Crippen molar-refractivity contribution in [3.05, 3.63) is 70.2 Å². The van der Waals surface area contributed by atoms with Crippen LogP contribution in [0.2, 0.25) is 0 Å². The minimum absolute atomic E-state index is 0.160. The molecule has 5 N–H and O–H groups in total. The van der Waals surface area contributed by atoms with Crippen LogP contribution >= 0.6 is 56.7 Å². The smallest absolute Gasteiger partial charge is 0.320 e. The van der Waals surface area contributed by atoms with Crippen LogP contribution in [0.15, 0.2) is 53.9 Å². The number of ether oxygens (including phenoxy) is 1. The van der Waals surface area contributed by atoms with Crippen molar-refractivity contribution in [2.75, 3.05) is 0 Å². The van der Waals surface area contributed by atoms with Crippen LogP contribution in [0.4, 0.5) is 4.39 Å². The lowest BCUT2D eigenvalue weighted by molar-refractivity contribution is -0.138. The molecular formula is C26H21FN2O4S5. The molecule has 0 aliphatic heterocycles. The van der Waals surface area contributed by atoms with Crippen molar-refractivity contribution in [2.24, 2.45) is 11.5 Å². The van der Waals surface area contributed by atoms with Crippen LogP contribution in [0.1, 0.15) is 11.1 Å². The molecule has 2 atom stereocenters. The second-order valence-corrected chi connectivity index (χ2v) is 13.5. The maximum Gasteiger partial charge on any atom is 0.320 e. The van der Waals surface area contributed by atoms with Crippen molar-refractivity contribution in [2.45, 2.75) is 25.1 Å². The van der Waals surface area contributed by atoms with Crippen LogP contribution in [-0.2, 0) is 27.2 Å². The Morgan fingerprint density at radius 3 is 2.05 bits per heavy atom. The standard InChI is InChI=1S/C26H21FN2O4S5/c27-22-6-5-17(36-22)21-9-13(8-15(28)26(31)32)24(38-21)18-3-4-19(35-18)25-14(11-23(29)33-12-30)10-20(37-25)16-2-1-7-34-16/h1-7,9-10,12,15,23H,8,11,28-29H2,(H,31,32)/t15-,23-/m0/s1. The Hall–Kier alpha value is -2.71. The molecule has 0 amide bonds. The van der Waals surface area contributed by atoms with Gasteiger partial charge in [0.2, 0.25) is 0 Å². The summed E-state index contributed by atoms with van der Waals surface area (Å²) >= 11 is 7.43. The number of nitrogens with two attached hydrogens (primary N) is 2. The van der Waals surface area contributed by atoms with E-state index in [1.165, 1.54) is 17.4 Å². The summed E-state index contributed by atoms with van der Waals surface area (Å²) in [5.41, 5.74) is 13.7. The summed E-state index contributed by atoms with van der Waals surface area (Å²) in [7, 11) is 0. The lowest BCUT2D eigenvalue weighted by atomic mass is 10.1. The molecule has 38 heavy (non-hydrogen) atoms. The molecule has 0 unspecified atom stereocenters. The molecule has 5 rings (SSSR count). The van der Waals surface area contributed by atoms with Gasteiger partial charge in [0, 0.05) is 45.4 Å². The molecule has 0 aliphatic carbocycles. The first-order valence-electron chi connectivity index (χ1n) is 11.3. The fraction of sp³-hybridized carbons (Fsp3) is 0.154. The first-order chi connectivity index (χ1) is 18.3. The maximum absolute atomic E-state index is 13.7. The molecule has 0 radical (unpaired) electrons. The van der Waals surface area contributed by atoms with Crippen molar-refractivity contribution < 1.29 is 23.8 Å². The molecular weight excluding hydrogens is 584 g/mol. The van der Waals surface area contributed by atoms with E-state index < -0.39 is 18.2 Å². The van der Waals surface area contributed by atoms with E-state index in [1.54, 1.807) is 40.1 Å². The van der Waals surface area contributed by atoms with Gasteiger partial charge < -0.3 is 15.6 Å². The van der Waals surface area contributed by atoms with Crippen LogP contribution in [0, 0.1) is 5.13 Å². The highest BCUT2D eigenvalue weighted by Gasteiger charge is 2.22. The van der Waals surface area contributed by atoms with E-state index in [0.29, 0.717) is 12.9 Å². The molecule has 0 saturated carbocycles. The Morgan fingerprint density at radius 2 is 1.50 bits per heavy atom. The average molecular weight is 605 g/mol. The van der Waals surface area contributed by atoms with Crippen LogP contribution < -0.4 is 11.5 Å². The van der Waals surface area contributed by atoms with E-state index in [1.807, 2.05) is 29.6 Å². The predicted octanol–water partition coefficient (Wildman–Crippen LogP) is 6.76. The fourth-order valence-corrected chi connectivity index (χ4v) is 9.25. The van der Waals surface area contributed by atoms with Crippen LogP contribution in [0.3, 0.4) is 0 Å². The summed E-state index contributed by atoms with van der Waals surface area (Å²) in [6.07, 6.45) is -0.228. The molecule has 5 heterocycles. The van der Waals surface area contributed by atoms with Gasteiger partial charge in [-0.2, -0.15) is 4.39 Å². The highest BCUT2D eigenvalue weighted by molar-refractivity contribution is 7.29. The summed E-state index contributed by atoms with van der Waals surface area (Å²) in [6.45, 7) is 0.358. The van der Waals surface area contributed by atoms with E-state index in [9.17, 15) is 19.1 Å². The molecule has 5 aromatic rings. The van der Waals surface area contributed by atoms with Crippen molar-refractivity contribution >= 4 is 69.1 Å². The van der Waals surface area contributed by atoms with Gasteiger partial charge in [-0.05, 0) is 65.4 Å². The summed E-state index contributed by atoms with van der Waals surface area (Å²) in [6, 6.07) is 14.2. The number of hydrogen-bond acceptors (Lipinski definition) is 10. The van der Waals surface area contributed by atoms with Crippen molar-refractivity contribution in [3.63, 3.8) is 0 Å². The van der Waals surface area contributed by atoms with Gasteiger partial charge in [-0.15, -0.1) is 56.7 Å². The topological polar surface area (TPSA) is 116 Å². The average Bonchev–Trinajstić information content (AvgIpc) is 3.68. The molecule has 0 spiro atoms. The Labute approximate surface area is 237 Å². The molecule has 0 saturated heterocycles. The Bertz CT molecular complexity index is 1570. The second-order valence-electron chi connectivity index (χ2n) is 8.30. The van der Waals surface area contributed by atoms with E-state index in [0.717, 1.165) is 61.5 Å². The normalized spacial score (nSPS) is 12.9.